The van der Waals surface area contributed by atoms with E-state index in [1.807, 2.05) is 23.1 Å². The van der Waals surface area contributed by atoms with Crippen molar-refractivity contribution in [3.8, 4) is 21.9 Å². The molecule has 1 aliphatic carbocycles. The van der Waals surface area contributed by atoms with Crippen molar-refractivity contribution in [3.63, 3.8) is 0 Å². The second-order valence-corrected chi connectivity index (χ2v) is 15.2. The summed E-state index contributed by atoms with van der Waals surface area (Å²) in [6.07, 6.45) is 6.52. The number of anilines is 1. The molecule has 0 radical (unpaired) electrons. The molecule has 4 aromatic heterocycles. The standard InChI is InChI=1S/C39H35FN6O4S/c1-39(2)16-18-45-35(39)32-31(37(45)47)30(33(46-38(48)50-20-42-46)27(43-32)13-9-21-7-10-23(40)11-8-21)29-19-22-15-17-41-36(34(22)51-29)44-26-14-12-25-24(26)5-4-6-28(25)49-3/h4-8,10-11,15,17,19-20,26,35H,9,12-14,16,18H2,1-3H3,(H,41,44)/t26-,35-/m1/s1. The first-order chi connectivity index (χ1) is 24.7. The van der Waals surface area contributed by atoms with Crippen LogP contribution >= 0.6 is 11.3 Å². The maximum atomic E-state index is 14.5. The Balaban J connectivity index is 1.23. The molecule has 51 heavy (non-hydrogen) atoms. The third kappa shape index (κ3) is 5.06. The first-order valence-electron chi connectivity index (χ1n) is 17.2. The lowest BCUT2D eigenvalue weighted by Gasteiger charge is -2.27. The molecule has 0 saturated carbocycles. The number of carbonyl (C=O) groups excluding carboxylic acids is 1. The molecular formula is C39H35FN6O4S. The molecule has 1 N–H and O–H groups in total. The fourth-order valence-electron chi connectivity index (χ4n) is 8.27. The second-order valence-electron chi connectivity index (χ2n) is 14.2. The molecule has 258 valence electrons. The number of nitrogens with one attached hydrogen (secondary N) is 1. The van der Waals surface area contributed by atoms with E-state index >= 15 is 0 Å². The zero-order valence-electron chi connectivity index (χ0n) is 28.4. The van der Waals surface area contributed by atoms with Gasteiger partial charge in [-0.15, -0.1) is 16.4 Å². The Morgan fingerprint density at radius 2 is 1.94 bits per heavy atom. The van der Waals surface area contributed by atoms with Crippen LogP contribution in [0.4, 0.5) is 10.2 Å². The van der Waals surface area contributed by atoms with Crippen LogP contribution in [0.3, 0.4) is 0 Å². The van der Waals surface area contributed by atoms with Crippen LogP contribution in [-0.2, 0) is 19.3 Å². The molecule has 2 aliphatic heterocycles. The summed E-state index contributed by atoms with van der Waals surface area (Å²) in [7, 11) is 1.70. The van der Waals surface area contributed by atoms with E-state index in [1.54, 1.807) is 25.4 Å². The minimum atomic E-state index is -0.673. The second kappa shape index (κ2) is 11.9. The summed E-state index contributed by atoms with van der Waals surface area (Å²) in [5, 5.41) is 8.99. The van der Waals surface area contributed by atoms with Crippen LogP contribution in [0.2, 0.25) is 0 Å². The Kier molecular flexibility index (Phi) is 7.36. The summed E-state index contributed by atoms with van der Waals surface area (Å²) in [6.45, 7) is 4.97. The van der Waals surface area contributed by atoms with E-state index in [0.717, 1.165) is 63.4 Å². The van der Waals surface area contributed by atoms with E-state index in [1.165, 1.54) is 39.3 Å². The van der Waals surface area contributed by atoms with Gasteiger partial charge in [-0.25, -0.2) is 14.2 Å². The van der Waals surface area contributed by atoms with E-state index in [0.29, 0.717) is 41.9 Å². The molecule has 3 aliphatic rings. The summed E-state index contributed by atoms with van der Waals surface area (Å²) in [5.41, 5.74) is 6.00. The van der Waals surface area contributed by atoms with Gasteiger partial charge in [0.15, 0.2) is 0 Å². The summed E-state index contributed by atoms with van der Waals surface area (Å²) in [5.74, 6) is 0.565. The molecule has 0 spiro atoms. The van der Waals surface area contributed by atoms with Gasteiger partial charge in [0.05, 0.1) is 40.8 Å². The third-order valence-corrected chi connectivity index (χ3v) is 11.9. The number of hydrogen-bond donors (Lipinski definition) is 1. The van der Waals surface area contributed by atoms with Gasteiger partial charge in [-0.1, -0.05) is 38.1 Å². The molecule has 9 rings (SSSR count). The van der Waals surface area contributed by atoms with Gasteiger partial charge in [0.25, 0.3) is 5.91 Å². The Morgan fingerprint density at radius 1 is 1.10 bits per heavy atom. The fourth-order valence-corrected chi connectivity index (χ4v) is 9.43. The van der Waals surface area contributed by atoms with Crippen LogP contribution in [0.1, 0.15) is 77.2 Å². The highest BCUT2D eigenvalue weighted by molar-refractivity contribution is 7.22. The smallest absolute Gasteiger partial charge is 0.441 e. The lowest BCUT2D eigenvalue weighted by atomic mass is 9.82. The van der Waals surface area contributed by atoms with Gasteiger partial charge in [0.1, 0.15) is 23.1 Å². The molecule has 6 aromatic rings. The molecule has 1 saturated heterocycles. The molecule has 0 unspecified atom stereocenters. The van der Waals surface area contributed by atoms with Gasteiger partial charge in [-0.05, 0) is 89.9 Å². The largest absolute Gasteiger partial charge is 0.496 e. The Labute approximate surface area is 296 Å². The van der Waals surface area contributed by atoms with Crippen LogP contribution in [0.5, 0.6) is 5.75 Å². The molecule has 2 atom stereocenters. The number of fused-ring (bicyclic) bond motifs is 5. The number of amides is 1. The lowest BCUT2D eigenvalue weighted by molar-refractivity contribution is 0.0739. The quantitative estimate of drug-likeness (QED) is 0.174. The van der Waals surface area contributed by atoms with Crippen molar-refractivity contribution in [2.45, 2.75) is 58.0 Å². The Hall–Kier alpha value is -5.36. The molecule has 2 aromatic carbocycles. The number of carbonyl (C=O) groups is 1. The van der Waals surface area contributed by atoms with Crippen LogP contribution < -0.4 is 15.8 Å². The molecular weight excluding hydrogens is 668 g/mol. The molecule has 1 fully saturated rings. The van der Waals surface area contributed by atoms with E-state index in [4.69, 9.17) is 19.1 Å². The molecule has 0 bridgehead atoms. The lowest BCUT2D eigenvalue weighted by Crippen LogP contribution is -2.26. The predicted molar refractivity (Wildman–Crippen MR) is 192 cm³/mol. The number of methoxy groups -OCH3 is 1. The zero-order valence-corrected chi connectivity index (χ0v) is 29.2. The average Bonchev–Trinajstić information content (AvgIpc) is 3.95. The molecule has 10 nitrogen and oxygen atoms in total. The van der Waals surface area contributed by atoms with Crippen LogP contribution in [0.15, 0.2) is 76.4 Å². The normalized spacial score (nSPS) is 18.7. The summed E-state index contributed by atoms with van der Waals surface area (Å²) < 4.78 is 26.8. The monoisotopic (exact) mass is 702 g/mol. The average molecular weight is 703 g/mol. The fraction of sp³-hybridized carbons (Fsp3) is 0.308. The van der Waals surface area contributed by atoms with Crippen molar-refractivity contribution < 1.29 is 18.3 Å². The van der Waals surface area contributed by atoms with Crippen molar-refractivity contribution in [2.75, 3.05) is 19.0 Å². The first-order valence-corrected chi connectivity index (χ1v) is 18.0. The van der Waals surface area contributed by atoms with E-state index in [-0.39, 0.29) is 29.2 Å². The number of rotatable bonds is 8. The number of thiophene rings is 1. The van der Waals surface area contributed by atoms with Gasteiger partial charge < -0.3 is 19.4 Å². The summed E-state index contributed by atoms with van der Waals surface area (Å²) in [4.78, 5) is 40.5. The topological polar surface area (TPSA) is 115 Å². The number of nitrogens with zero attached hydrogens (tertiary/aromatic N) is 5. The number of ether oxygens (including phenoxy) is 1. The van der Waals surface area contributed by atoms with Gasteiger partial charge in [-0.2, -0.15) is 4.68 Å². The minimum Gasteiger partial charge on any atom is -0.496 e. The van der Waals surface area contributed by atoms with Crippen molar-refractivity contribution in [1.82, 2.24) is 24.6 Å². The maximum absolute atomic E-state index is 14.5. The van der Waals surface area contributed by atoms with E-state index < -0.39 is 5.76 Å². The highest BCUT2D eigenvalue weighted by Crippen LogP contribution is 2.55. The first kappa shape index (κ1) is 31.6. The van der Waals surface area contributed by atoms with Crippen LogP contribution in [0, 0.1) is 11.2 Å². The minimum absolute atomic E-state index is 0.0576. The van der Waals surface area contributed by atoms with Crippen molar-refractivity contribution in [2.24, 2.45) is 5.41 Å². The summed E-state index contributed by atoms with van der Waals surface area (Å²) >= 11 is 1.52. The maximum Gasteiger partial charge on any atom is 0.441 e. The van der Waals surface area contributed by atoms with Crippen molar-refractivity contribution in [1.29, 1.82) is 0 Å². The summed E-state index contributed by atoms with van der Waals surface area (Å²) in [6, 6.07) is 16.4. The molecule has 12 heteroatoms. The zero-order chi connectivity index (χ0) is 35.0. The van der Waals surface area contributed by atoms with Crippen molar-refractivity contribution in [3.05, 3.63) is 117 Å². The third-order valence-electron chi connectivity index (χ3n) is 10.8. The number of hydrogen-bond acceptors (Lipinski definition) is 9. The van der Waals surface area contributed by atoms with Gasteiger partial charge >= 0.3 is 5.76 Å². The predicted octanol–water partition coefficient (Wildman–Crippen LogP) is 7.46. The van der Waals surface area contributed by atoms with Gasteiger partial charge in [0.2, 0.25) is 6.39 Å². The van der Waals surface area contributed by atoms with Gasteiger partial charge in [0, 0.05) is 23.2 Å². The Bertz CT molecular complexity index is 2420. The van der Waals surface area contributed by atoms with Crippen LogP contribution in [-0.4, -0.2) is 44.2 Å². The highest BCUT2D eigenvalue weighted by Gasteiger charge is 2.52. The number of halogens is 1. The number of benzene rings is 2. The van der Waals surface area contributed by atoms with Crippen LogP contribution in [0.25, 0.3) is 26.2 Å². The number of aromatic nitrogens is 4. The Morgan fingerprint density at radius 3 is 2.73 bits per heavy atom. The number of aryl methyl sites for hydroxylation is 2. The van der Waals surface area contributed by atoms with E-state index in [2.05, 4.69) is 36.4 Å². The van der Waals surface area contributed by atoms with E-state index in [9.17, 15) is 14.0 Å². The van der Waals surface area contributed by atoms with Gasteiger partial charge in [-0.3, -0.25) is 9.78 Å². The highest BCUT2D eigenvalue weighted by atomic mass is 32.1. The molecule has 1 amide bonds. The van der Waals surface area contributed by atoms with Crippen molar-refractivity contribution >= 4 is 33.1 Å². The SMILES string of the molecule is COc1cccc2c1CC[C@H]2Nc1nccc2cc(-c3c4c(nc(CCc5ccc(F)cc5)c3-n3ncoc3=O)[C@H]3N(CCC3(C)C)C4=O)sc12. The molecule has 6 heterocycles. The number of pyridine rings is 2.